The number of imide groups is 1. The van der Waals surface area contributed by atoms with Crippen LogP contribution < -0.4 is 10.6 Å². The molecule has 0 radical (unpaired) electrons. The van der Waals surface area contributed by atoms with Crippen LogP contribution in [0.25, 0.3) is 0 Å². The van der Waals surface area contributed by atoms with Gasteiger partial charge in [-0.3, -0.25) is 15.0 Å². The summed E-state index contributed by atoms with van der Waals surface area (Å²) in [5, 5.41) is 13.6. The average molecular weight is 279 g/mol. The van der Waals surface area contributed by atoms with Crippen molar-refractivity contribution < 1.29 is 14.7 Å². The van der Waals surface area contributed by atoms with Gasteiger partial charge in [0.15, 0.2) is 0 Å². The summed E-state index contributed by atoms with van der Waals surface area (Å²) in [7, 11) is 1.45. The molecule has 20 heavy (non-hydrogen) atoms. The van der Waals surface area contributed by atoms with E-state index < -0.39 is 6.03 Å². The number of aliphatic hydroxyl groups is 1. The molecule has 0 fully saturated rings. The molecule has 0 atom stereocenters. The summed E-state index contributed by atoms with van der Waals surface area (Å²) in [6.45, 7) is 1.67. The van der Waals surface area contributed by atoms with E-state index >= 15 is 0 Å². The maximum atomic E-state index is 11.5. The van der Waals surface area contributed by atoms with E-state index in [9.17, 15) is 9.59 Å². The van der Waals surface area contributed by atoms with E-state index in [1.165, 1.54) is 7.05 Å². The van der Waals surface area contributed by atoms with Crippen molar-refractivity contribution in [2.24, 2.45) is 0 Å². The molecule has 0 unspecified atom stereocenters. The second-order valence-electron chi connectivity index (χ2n) is 4.36. The molecule has 3 amide bonds. The quantitative estimate of drug-likeness (QED) is 0.671. The Hall–Kier alpha value is -1.92. The number of amides is 3. The van der Waals surface area contributed by atoms with Crippen molar-refractivity contribution in [2.75, 3.05) is 26.7 Å². The van der Waals surface area contributed by atoms with Gasteiger partial charge in [-0.05, 0) is 5.56 Å². The highest BCUT2D eigenvalue weighted by molar-refractivity contribution is 5.94. The third-order valence-electron chi connectivity index (χ3n) is 2.80. The zero-order valence-electron chi connectivity index (χ0n) is 11.6. The topological polar surface area (TPSA) is 81.7 Å². The molecule has 1 aromatic carbocycles. The molecule has 6 heteroatoms. The number of aliphatic hydroxyl groups excluding tert-OH is 1. The molecule has 0 aliphatic heterocycles. The highest BCUT2D eigenvalue weighted by Gasteiger charge is 2.10. The third kappa shape index (κ3) is 6.31. The molecule has 0 aliphatic rings. The second kappa shape index (κ2) is 9.06. The minimum Gasteiger partial charge on any atom is -0.395 e. The third-order valence-corrected chi connectivity index (χ3v) is 2.80. The molecule has 0 aliphatic carbocycles. The fourth-order valence-electron chi connectivity index (χ4n) is 1.76. The summed E-state index contributed by atoms with van der Waals surface area (Å²) in [6, 6.07) is 9.32. The van der Waals surface area contributed by atoms with Crippen molar-refractivity contribution in [2.45, 2.75) is 13.0 Å². The van der Waals surface area contributed by atoms with Crippen molar-refractivity contribution in [1.82, 2.24) is 15.5 Å². The number of carbonyl (C=O) groups is 2. The molecule has 0 aromatic heterocycles. The van der Waals surface area contributed by atoms with Crippen LogP contribution in [-0.2, 0) is 11.3 Å². The average Bonchev–Trinajstić information content (AvgIpc) is 2.46. The molecule has 6 nitrogen and oxygen atoms in total. The van der Waals surface area contributed by atoms with Crippen molar-refractivity contribution in [3.8, 4) is 0 Å². The van der Waals surface area contributed by atoms with Gasteiger partial charge in [-0.15, -0.1) is 0 Å². The monoisotopic (exact) mass is 279 g/mol. The minimum absolute atomic E-state index is 0.0316. The molecule has 0 saturated carbocycles. The summed E-state index contributed by atoms with van der Waals surface area (Å²) in [4.78, 5) is 24.5. The van der Waals surface area contributed by atoms with Crippen LogP contribution >= 0.6 is 0 Å². The van der Waals surface area contributed by atoms with Crippen LogP contribution in [0.4, 0.5) is 4.79 Å². The number of urea groups is 1. The Labute approximate surface area is 118 Å². The summed E-state index contributed by atoms with van der Waals surface area (Å²) >= 11 is 0. The number of nitrogens with zero attached hydrogens (tertiary/aromatic N) is 1. The number of carbonyl (C=O) groups excluding carboxylic acids is 2. The summed E-state index contributed by atoms with van der Waals surface area (Å²) in [5.74, 6) is -0.333. The molecule has 0 saturated heterocycles. The van der Waals surface area contributed by atoms with E-state index in [2.05, 4.69) is 10.6 Å². The fraction of sp³-hybridized carbons (Fsp3) is 0.429. The Morgan fingerprint density at radius 1 is 1.20 bits per heavy atom. The van der Waals surface area contributed by atoms with E-state index in [1.807, 2.05) is 35.2 Å². The highest BCUT2D eigenvalue weighted by atomic mass is 16.3. The normalized spacial score (nSPS) is 10.3. The zero-order chi connectivity index (χ0) is 14.8. The standard InChI is InChI=1S/C14H21N3O3/c1-15-14(20)16-13(19)7-8-17(9-10-18)11-12-5-3-2-4-6-12/h2-6,18H,7-11H2,1H3,(H2,15,16,19,20). The predicted molar refractivity (Wildman–Crippen MR) is 76.0 cm³/mol. The molecule has 0 heterocycles. The van der Waals surface area contributed by atoms with Crippen LogP contribution in [0, 0.1) is 0 Å². The van der Waals surface area contributed by atoms with E-state index in [4.69, 9.17) is 5.11 Å². The second-order valence-corrected chi connectivity index (χ2v) is 4.36. The first-order valence-corrected chi connectivity index (χ1v) is 6.54. The predicted octanol–water partition coefficient (Wildman–Crippen LogP) is 0.327. The lowest BCUT2D eigenvalue weighted by atomic mass is 10.2. The molecule has 1 rings (SSSR count). The van der Waals surface area contributed by atoms with E-state index in [-0.39, 0.29) is 18.9 Å². The first-order chi connectivity index (χ1) is 9.65. The fourth-order valence-corrected chi connectivity index (χ4v) is 1.76. The lowest BCUT2D eigenvalue weighted by Crippen LogP contribution is -2.39. The summed E-state index contributed by atoms with van der Waals surface area (Å²) in [5.41, 5.74) is 1.12. The van der Waals surface area contributed by atoms with Gasteiger partial charge in [0.25, 0.3) is 0 Å². The first kappa shape index (κ1) is 16.1. The molecule has 1 aromatic rings. The van der Waals surface area contributed by atoms with Crippen molar-refractivity contribution >= 4 is 11.9 Å². The Balaban J connectivity index is 2.43. The van der Waals surface area contributed by atoms with Crippen molar-refractivity contribution in [3.63, 3.8) is 0 Å². The first-order valence-electron chi connectivity index (χ1n) is 6.54. The number of benzene rings is 1. The van der Waals surface area contributed by atoms with Crippen molar-refractivity contribution in [1.29, 1.82) is 0 Å². The lowest BCUT2D eigenvalue weighted by molar-refractivity contribution is -0.120. The Bertz CT molecular complexity index is 423. The van der Waals surface area contributed by atoms with Gasteiger partial charge in [0, 0.05) is 33.1 Å². The van der Waals surface area contributed by atoms with Crippen LogP contribution in [-0.4, -0.2) is 48.7 Å². The number of rotatable bonds is 7. The SMILES string of the molecule is CNC(=O)NC(=O)CCN(CCO)Cc1ccccc1. The van der Waals surface area contributed by atoms with Crippen LogP contribution in [0.2, 0.25) is 0 Å². The van der Waals surface area contributed by atoms with E-state index in [1.54, 1.807) is 0 Å². The van der Waals surface area contributed by atoms with E-state index in [0.717, 1.165) is 5.56 Å². The van der Waals surface area contributed by atoms with Crippen LogP contribution in [0.15, 0.2) is 30.3 Å². The van der Waals surface area contributed by atoms with Gasteiger partial charge in [-0.25, -0.2) is 4.79 Å². The number of hydrogen-bond acceptors (Lipinski definition) is 4. The number of nitrogens with one attached hydrogen (secondary N) is 2. The van der Waals surface area contributed by atoms with Gasteiger partial charge < -0.3 is 10.4 Å². The Kier molecular flexibility index (Phi) is 7.31. The number of hydrogen-bond donors (Lipinski definition) is 3. The molecular formula is C14H21N3O3. The minimum atomic E-state index is -0.508. The van der Waals surface area contributed by atoms with Gasteiger partial charge in [-0.2, -0.15) is 0 Å². The summed E-state index contributed by atoms with van der Waals surface area (Å²) in [6.07, 6.45) is 0.209. The van der Waals surface area contributed by atoms with Gasteiger partial charge >= 0.3 is 6.03 Å². The van der Waals surface area contributed by atoms with Crippen LogP contribution in [0.3, 0.4) is 0 Å². The Morgan fingerprint density at radius 3 is 2.50 bits per heavy atom. The zero-order valence-corrected chi connectivity index (χ0v) is 11.6. The van der Waals surface area contributed by atoms with Gasteiger partial charge in [0.2, 0.25) is 5.91 Å². The molecular weight excluding hydrogens is 258 g/mol. The van der Waals surface area contributed by atoms with Gasteiger partial charge in [0.1, 0.15) is 0 Å². The Morgan fingerprint density at radius 2 is 1.90 bits per heavy atom. The van der Waals surface area contributed by atoms with E-state index in [0.29, 0.717) is 19.6 Å². The molecule has 3 N–H and O–H groups in total. The molecule has 0 bridgehead atoms. The van der Waals surface area contributed by atoms with Crippen molar-refractivity contribution in [3.05, 3.63) is 35.9 Å². The highest BCUT2D eigenvalue weighted by Crippen LogP contribution is 2.04. The van der Waals surface area contributed by atoms with Gasteiger partial charge in [-0.1, -0.05) is 30.3 Å². The smallest absolute Gasteiger partial charge is 0.321 e. The van der Waals surface area contributed by atoms with Gasteiger partial charge in [0.05, 0.1) is 6.61 Å². The lowest BCUT2D eigenvalue weighted by Gasteiger charge is -2.21. The maximum Gasteiger partial charge on any atom is 0.321 e. The largest absolute Gasteiger partial charge is 0.395 e. The summed E-state index contributed by atoms with van der Waals surface area (Å²) < 4.78 is 0. The van der Waals surface area contributed by atoms with Crippen LogP contribution in [0.1, 0.15) is 12.0 Å². The molecule has 0 spiro atoms. The maximum absolute atomic E-state index is 11.5. The van der Waals surface area contributed by atoms with Crippen LogP contribution in [0.5, 0.6) is 0 Å². The molecule has 110 valence electrons.